The van der Waals surface area contributed by atoms with E-state index in [1.54, 1.807) is 18.2 Å². The Labute approximate surface area is 180 Å². The van der Waals surface area contributed by atoms with Crippen molar-refractivity contribution in [2.24, 2.45) is 0 Å². The van der Waals surface area contributed by atoms with Crippen LogP contribution >= 0.6 is 0 Å². The fraction of sp³-hybridized carbons (Fsp3) is 0.375. The van der Waals surface area contributed by atoms with Gasteiger partial charge in [0.1, 0.15) is 5.75 Å². The average molecular weight is 422 g/mol. The number of H-pyrrole nitrogens is 1. The number of carbonyl (C=O) groups excluding carboxylic acids is 2. The Morgan fingerprint density at radius 1 is 1.10 bits per heavy atom. The fourth-order valence-corrected chi connectivity index (χ4v) is 4.39. The number of oxazole rings is 1. The summed E-state index contributed by atoms with van der Waals surface area (Å²) in [5.41, 5.74) is 1.72. The van der Waals surface area contributed by atoms with Crippen molar-refractivity contribution in [3.8, 4) is 5.75 Å². The number of likely N-dealkylation sites (tertiary alicyclic amines) is 1. The summed E-state index contributed by atoms with van der Waals surface area (Å²) in [7, 11) is 0. The van der Waals surface area contributed by atoms with Crippen molar-refractivity contribution in [2.45, 2.75) is 38.7 Å². The van der Waals surface area contributed by atoms with Crippen LogP contribution in [0.3, 0.4) is 0 Å². The zero-order valence-electron chi connectivity index (χ0n) is 16.5. The zero-order valence-corrected chi connectivity index (χ0v) is 16.5. The van der Waals surface area contributed by atoms with Crippen LogP contribution in [0, 0.1) is 0 Å². The van der Waals surface area contributed by atoms with Crippen molar-refractivity contribution < 1.29 is 18.7 Å². The van der Waals surface area contributed by atoms with Gasteiger partial charge in [0.2, 0.25) is 0 Å². The lowest BCUT2D eigenvalue weighted by molar-refractivity contribution is -0.140. The number of hydrogen-bond donors (Lipinski definition) is 1. The van der Waals surface area contributed by atoms with E-state index in [1.807, 2.05) is 24.3 Å². The predicted octanol–water partition coefficient (Wildman–Crippen LogP) is 3.37. The van der Waals surface area contributed by atoms with Crippen LogP contribution in [0.1, 0.15) is 42.6 Å². The molecule has 0 radical (unpaired) electrons. The summed E-state index contributed by atoms with van der Waals surface area (Å²) in [6, 6.07) is 12.7. The molecule has 1 spiro atoms. The highest BCUT2D eigenvalue weighted by atomic mass is 16.5. The van der Waals surface area contributed by atoms with Crippen molar-refractivity contribution in [1.29, 1.82) is 0 Å². The first-order valence-electron chi connectivity index (χ1n) is 10.2. The number of fused-ring (bicyclic) bond motifs is 2. The molecule has 2 aliphatic rings. The summed E-state index contributed by atoms with van der Waals surface area (Å²) in [5.74, 6) is 0.435. The second kappa shape index (κ2) is 8.15. The zero-order chi connectivity index (χ0) is 20.7. The van der Waals surface area contributed by atoms with E-state index in [0.29, 0.717) is 62.0 Å². The van der Waals surface area contributed by atoms with Crippen LogP contribution < -0.4 is 10.5 Å². The van der Waals surface area contributed by atoms with Gasteiger partial charge in [0.25, 0.3) is 0 Å². The third-order valence-corrected chi connectivity index (χ3v) is 6.20. The number of nitrogens with zero attached hydrogens (tertiary/aromatic N) is 1. The van der Waals surface area contributed by atoms with Crippen molar-refractivity contribution in [3.05, 3.63) is 64.1 Å². The van der Waals surface area contributed by atoms with Gasteiger partial charge in [-0.3, -0.25) is 14.6 Å². The summed E-state index contributed by atoms with van der Waals surface area (Å²) in [4.78, 5) is 41.4. The molecule has 3 heterocycles. The van der Waals surface area contributed by atoms with Gasteiger partial charge in [0, 0.05) is 56.4 Å². The quantitative estimate of drug-likeness (QED) is 0.648. The molecule has 0 atom stereocenters. The summed E-state index contributed by atoms with van der Waals surface area (Å²) >= 11 is 0. The second-order valence-corrected chi connectivity index (χ2v) is 8.04. The highest BCUT2D eigenvalue weighted by molar-refractivity contribution is 5.98. The van der Waals surface area contributed by atoms with Gasteiger partial charge in [0.15, 0.2) is 22.8 Å². The minimum atomic E-state index is -0.730. The Kier molecular flexibility index (Phi) is 5.54. The molecule has 1 aromatic heterocycles. The smallest absolute Gasteiger partial charge is 0.417 e. The lowest BCUT2D eigenvalue weighted by Crippen LogP contribution is -2.55. The van der Waals surface area contributed by atoms with Gasteiger partial charge in [0.05, 0.1) is 5.52 Å². The fourth-order valence-electron chi connectivity index (χ4n) is 4.39. The first-order chi connectivity index (χ1) is 14.5. The highest BCUT2D eigenvalue weighted by Crippen LogP contribution is 2.37. The Hall–Kier alpha value is -3.19. The molecule has 1 fully saturated rings. The highest BCUT2D eigenvalue weighted by Gasteiger charge is 2.46. The van der Waals surface area contributed by atoms with Gasteiger partial charge in [-0.05, 0) is 24.3 Å². The van der Waals surface area contributed by atoms with Gasteiger partial charge < -0.3 is 14.1 Å². The number of carbonyl (C=O) groups is 2. The van der Waals surface area contributed by atoms with Crippen LogP contribution in [0.4, 0.5) is 0 Å². The van der Waals surface area contributed by atoms with Crippen LogP contribution in [-0.4, -0.2) is 46.7 Å². The molecule has 1 saturated heterocycles. The summed E-state index contributed by atoms with van der Waals surface area (Å²) in [5, 5.41) is 0. The molecule has 0 amide bonds. The number of para-hydroxylation sites is 1. The molecule has 0 aliphatic carbocycles. The first kappa shape index (κ1) is 21.1. The number of benzene rings is 2. The lowest BCUT2D eigenvalue weighted by Gasteiger charge is -2.43. The van der Waals surface area contributed by atoms with Gasteiger partial charge in [-0.25, -0.2) is 4.79 Å². The van der Waals surface area contributed by atoms with Crippen molar-refractivity contribution in [3.63, 3.8) is 0 Å². The standard InChI is InChI=1S/C23H22N2O5.CH4/c26-18(15-5-6-17-20(13-15)29-22(28)24-17)7-10-25-11-8-23(9-12-25)21(27)14-16-3-1-2-4-19(16)30-23;/h1-6,13H,7-12,14H2,(H,24,28);1H4. The monoisotopic (exact) mass is 422 g/mol. The molecule has 0 bridgehead atoms. The third kappa shape index (κ3) is 3.93. The molecule has 7 heteroatoms. The number of ether oxygens (including phenoxy) is 1. The number of aromatic amines is 1. The Balaban J connectivity index is 0.00000231. The van der Waals surface area contributed by atoms with E-state index in [1.165, 1.54) is 0 Å². The van der Waals surface area contributed by atoms with Crippen LogP contribution in [0.5, 0.6) is 5.75 Å². The Morgan fingerprint density at radius 3 is 2.68 bits per heavy atom. The maximum absolute atomic E-state index is 12.8. The second-order valence-electron chi connectivity index (χ2n) is 8.04. The molecule has 0 saturated carbocycles. The number of Topliss-reactive ketones (excluding diaryl/α,β-unsaturated/α-hetero) is 2. The van der Waals surface area contributed by atoms with Gasteiger partial charge in [-0.15, -0.1) is 0 Å². The molecule has 31 heavy (non-hydrogen) atoms. The number of piperidine rings is 1. The molecular formula is C24H26N2O5. The van der Waals surface area contributed by atoms with Crippen molar-refractivity contribution in [2.75, 3.05) is 19.6 Å². The van der Waals surface area contributed by atoms with E-state index in [2.05, 4.69) is 9.88 Å². The number of ketones is 2. The Bertz CT molecular complexity index is 1180. The van der Waals surface area contributed by atoms with Gasteiger partial charge in [-0.2, -0.15) is 0 Å². The molecule has 7 nitrogen and oxygen atoms in total. The summed E-state index contributed by atoms with van der Waals surface area (Å²) < 4.78 is 11.2. The van der Waals surface area contributed by atoms with E-state index in [-0.39, 0.29) is 19.0 Å². The van der Waals surface area contributed by atoms with Crippen LogP contribution in [0.25, 0.3) is 11.1 Å². The summed E-state index contributed by atoms with van der Waals surface area (Å²) in [6.45, 7) is 2.05. The number of rotatable bonds is 4. The Morgan fingerprint density at radius 2 is 1.87 bits per heavy atom. The molecule has 2 aliphatic heterocycles. The van der Waals surface area contributed by atoms with Crippen LogP contribution in [0.15, 0.2) is 51.7 Å². The van der Waals surface area contributed by atoms with E-state index in [9.17, 15) is 14.4 Å². The lowest BCUT2D eigenvalue weighted by atomic mass is 9.82. The minimum Gasteiger partial charge on any atom is -0.479 e. The van der Waals surface area contributed by atoms with Crippen LogP contribution in [-0.2, 0) is 11.2 Å². The number of aromatic nitrogens is 1. The molecule has 2 aromatic carbocycles. The normalized spacial score (nSPS) is 17.7. The van der Waals surface area contributed by atoms with E-state index in [0.717, 1.165) is 11.3 Å². The molecular weight excluding hydrogens is 396 g/mol. The van der Waals surface area contributed by atoms with Crippen LogP contribution in [0.2, 0.25) is 0 Å². The van der Waals surface area contributed by atoms with E-state index >= 15 is 0 Å². The van der Waals surface area contributed by atoms with Crippen molar-refractivity contribution in [1.82, 2.24) is 9.88 Å². The van der Waals surface area contributed by atoms with Crippen molar-refractivity contribution >= 4 is 22.7 Å². The SMILES string of the molecule is C.O=C(CCN1CCC2(CC1)Oc1ccccc1CC2=O)c1ccc2[nH]c(=O)oc2c1. The minimum absolute atomic E-state index is 0. The molecule has 1 N–H and O–H groups in total. The largest absolute Gasteiger partial charge is 0.479 e. The number of nitrogens with one attached hydrogen (secondary N) is 1. The summed E-state index contributed by atoms with van der Waals surface area (Å²) in [6.07, 6.45) is 2.06. The average Bonchev–Trinajstić information content (AvgIpc) is 3.13. The van der Waals surface area contributed by atoms with Gasteiger partial charge in [-0.1, -0.05) is 25.6 Å². The maximum Gasteiger partial charge on any atom is 0.417 e. The van der Waals surface area contributed by atoms with Gasteiger partial charge >= 0.3 is 5.76 Å². The first-order valence-corrected chi connectivity index (χ1v) is 10.2. The molecule has 3 aromatic rings. The third-order valence-electron chi connectivity index (χ3n) is 6.20. The molecule has 0 unspecified atom stereocenters. The number of hydrogen-bond acceptors (Lipinski definition) is 6. The molecule has 162 valence electrons. The molecule has 5 rings (SSSR count). The predicted molar refractivity (Wildman–Crippen MR) is 117 cm³/mol. The maximum atomic E-state index is 12.8. The topological polar surface area (TPSA) is 92.6 Å². The van der Waals surface area contributed by atoms with E-state index in [4.69, 9.17) is 9.15 Å². The van der Waals surface area contributed by atoms with E-state index < -0.39 is 11.4 Å².